The van der Waals surface area contributed by atoms with E-state index in [0.29, 0.717) is 0 Å². The Balaban J connectivity index is 1.84. The second-order valence-electron chi connectivity index (χ2n) is 5.75. The molecule has 0 fully saturated rings. The van der Waals surface area contributed by atoms with E-state index in [1.54, 1.807) is 0 Å². The van der Waals surface area contributed by atoms with E-state index in [9.17, 15) is 0 Å². The lowest BCUT2D eigenvalue weighted by atomic mass is 9.91. The first kappa shape index (κ1) is 11.9. The van der Waals surface area contributed by atoms with Gasteiger partial charge in [-0.05, 0) is 34.4 Å². The largest absolute Gasteiger partial charge is 0.306 e. The van der Waals surface area contributed by atoms with Crippen LogP contribution in [0, 0.1) is 0 Å². The number of para-hydroxylation sites is 1. The Morgan fingerprint density at radius 1 is 0.727 bits per heavy atom. The SMILES string of the molecule is [B]c1ccc2ccc3ccc4c(c3c2c1)N4c1ccccc1. The molecule has 100 valence electrons. The molecule has 0 saturated carbocycles. The van der Waals surface area contributed by atoms with Crippen LogP contribution in [-0.4, -0.2) is 7.85 Å². The molecule has 5 rings (SSSR count). The molecule has 0 bridgehead atoms. The summed E-state index contributed by atoms with van der Waals surface area (Å²) in [6, 6.07) is 25.4. The lowest BCUT2D eigenvalue weighted by Crippen LogP contribution is -1.99. The summed E-state index contributed by atoms with van der Waals surface area (Å²) in [7, 11) is 6.01. The highest BCUT2D eigenvalue weighted by molar-refractivity contribution is 6.34. The highest BCUT2D eigenvalue weighted by atomic mass is 15.3. The van der Waals surface area contributed by atoms with Crippen LogP contribution in [0.5, 0.6) is 0 Å². The fourth-order valence-electron chi connectivity index (χ4n) is 3.34. The van der Waals surface area contributed by atoms with Crippen molar-refractivity contribution in [3.05, 3.63) is 72.8 Å². The summed E-state index contributed by atoms with van der Waals surface area (Å²) in [5.41, 5.74) is 4.61. The molecule has 1 aliphatic rings. The summed E-state index contributed by atoms with van der Waals surface area (Å²) in [6.45, 7) is 0. The Labute approximate surface area is 130 Å². The summed E-state index contributed by atoms with van der Waals surface area (Å²) in [6.07, 6.45) is 0. The molecule has 1 heterocycles. The Morgan fingerprint density at radius 3 is 2.32 bits per heavy atom. The van der Waals surface area contributed by atoms with Crippen molar-refractivity contribution in [1.29, 1.82) is 0 Å². The zero-order chi connectivity index (χ0) is 14.7. The van der Waals surface area contributed by atoms with Crippen LogP contribution in [0.25, 0.3) is 21.5 Å². The normalized spacial score (nSPS) is 12.6. The second kappa shape index (κ2) is 4.14. The minimum absolute atomic E-state index is 0.810. The van der Waals surface area contributed by atoms with Crippen molar-refractivity contribution in [1.82, 2.24) is 0 Å². The van der Waals surface area contributed by atoms with Crippen molar-refractivity contribution >= 4 is 51.9 Å². The summed E-state index contributed by atoms with van der Waals surface area (Å²) in [5.74, 6) is 0. The van der Waals surface area contributed by atoms with Gasteiger partial charge in [-0.2, -0.15) is 0 Å². The predicted octanol–water partition coefficient (Wildman–Crippen LogP) is 4.57. The molecule has 0 N–H and O–H groups in total. The molecule has 0 amide bonds. The number of rotatable bonds is 1. The van der Waals surface area contributed by atoms with Gasteiger partial charge in [-0.15, -0.1) is 0 Å². The molecular weight excluding hydrogens is 265 g/mol. The minimum atomic E-state index is 0.810. The number of benzene rings is 4. The average molecular weight is 277 g/mol. The van der Waals surface area contributed by atoms with Crippen molar-refractivity contribution < 1.29 is 0 Å². The molecule has 22 heavy (non-hydrogen) atoms. The fourth-order valence-corrected chi connectivity index (χ4v) is 3.34. The summed E-state index contributed by atoms with van der Waals surface area (Å²) in [4.78, 5) is 2.31. The molecule has 4 aromatic rings. The van der Waals surface area contributed by atoms with Gasteiger partial charge in [-0.25, -0.2) is 0 Å². The smallest absolute Gasteiger partial charge is 0.113 e. The summed E-state index contributed by atoms with van der Waals surface area (Å²) >= 11 is 0. The third-order valence-electron chi connectivity index (χ3n) is 4.41. The standard InChI is InChI=1S/C20H12BN/c21-15-10-8-13-6-7-14-9-11-18-20(19(14)17(13)12-15)22(18)16-4-2-1-3-5-16/h1-12H. The van der Waals surface area contributed by atoms with E-state index in [2.05, 4.69) is 65.6 Å². The van der Waals surface area contributed by atoms with Crippen LogP contribution in [-0.2, 0) is 0 Å². The number of anilines is 3. The van der Waals surface area contributed by atoms with E-state index >= 15 is 0 Å². The third-order valence-corrected chi connectivity index (χ3v) is 4.41. The van der Waals surface area contributed by atoms with Gasteiger partial charge >= 0.3 is 0 Å². The maximum Gasteiger partial charge on any atom is 0.113 e. The molecule has 0 aromatic heterocycles. The summed E-state index contributed by atoms with van der Waals surface area (Å²) in [5, 5.41) is 5.02. The van der Waals surface area contributed by atoms with E-state index < -0.39 is 0 Å². The van der Waals surface area contributed by atoms with Gasteiger partial charge in [0.15, 0.2) is 0 Å². The van der Waals surface area contributed by atoms with E-state index in [4.69, 9.17) is 7.85 Å². The van der Waals surface area contributed by atoms with Gasteiger partial charge in [0.25, 0.3) is 0 Å². The zero-order valence-corrected chi connectivity index (χ0v) is 12.0. The first-order valence-electron chi connectivity index (χ1n) is 7.43. The van der Waals surface area contributed by atoms with Crippen molar-refractivity contribution in [3.63, 3.8) is 0 Å². The number of nitrogens with zero attached hydrogens (tertiary/aromatic N) is 1. The lowest BCUT2D eigenvalue weighted by molar-refractivity contribution is 1.50. The molecule has 1 aliphatic heterocycles. The van der Waals surface area contributed by atoms with Gasteiger partial charge in [-0.1, -0.05) is 60.1 Å². The topological polar surface area (TPSA) is 3.01 Å². The molecule has 1 nitrogen and oxygen atoms in total. The Morgan fingerprint density at radius 2 is 1.45 bits per heavy atom. The van der Waals surface area contributed by atoms with Crippen LogP contribution in [0.15, 0.2) is 72.8 Å². The quantitative estimate of drug-likeness (QED) is 0.246. The van der Waals surface area contributed by atoms with Crippen LogP contribution < -0.4 is 10.4 Å². The van der Waals surface area contributed by atoms with Crippen LogP contribution in [0.2, 0.25) is 0 Å². The Hall–Kier alpha value is -2.74. The van der Waals surface area contributed by atoms with Gasteiger partial charge in [0.05, 0.1) is 11.4 Å². The summed E-state index contributed by atoms with van der Waals surface area (Å²) < 4.78 is 0. The van der Waals surface area contributed by atoms with Crippen LogP contribution in [0.3, 0.4) is 0 Å². The van der Waals surface area contributed by atoms with Crippen molar-refractivity contribution in [2.24, 2.45) is 0 Å². The van der Waals surface area contributed by atoms with Gasteiger partial charge < -0.3 is 4.90 Å². The van der Waals surface area contributed by atoms with Crippen molar-refractivity contribution in [3.8, 4) is 0 Å². The van der Waals surface area contributed by atoms with Crippen LogP contribution >= 0.6 is 0 Å². The first-order valence-corrected chi connectivity index (χ1v) is 7.43. The lowest BCUT2D eigenvalue weighted by Gasteiger charge is -2.06. The predicted molar refractivity (Wildman–Crippen MR) is 95.1 cm³/mol. The van der Waals surface area contributed by atoms with Gasteiger partial charge in [0, 0.05) is 11.1 Å². The number of hydrogen-bond acceptors (Lipinski definition) is 1. The van der Waals surface area contributed by atoms with E-state index in [-0.39, 0.29) is 0 Å². The van der Waals surface area contributed by atoms with Gasteiger partial charge in [0.1, 0.15) is 7.85 Å². The van der Waals surface area contributed by atoms with Crippen LogP contribution in [0.1, 0.15) is 0 Å². The first-order chi connectivity index (χ1) is 10.8. The molecular formula is C20H12BN. The van der Waals surface area contributed by atoms with Crippen LogP contribution in [0.4, 0.5) is 17.1 Å². The monoisotopic (exact) mass is 277 g/mol. The number of fused-ring (bicyclic) bond motifs is 5. The number of hydrogen-bond donors (Lipinski definition) is 0. The highest BCUT2D eigenvalue weighted by Gasteiger charge is 2.33. The molecule has 2 heteroatoms. The molecule has 0 aliphatic carbocycles. The molecule has 4 aromatic carbocycles. The Bertz CT molecular complexity index is 1040. The van der Waals surface area contributed by atoms with Crippen molar-refractivity contribution in [2.75, 3.05) is 4.90 Å². The minimum Gasteiger partial charge on any atom is -0.306 e. The zero-order valence-electron chi connectivity index (χ0n) is 12.0. The molecule has 0 atom stereocenters. The van der Waals surface area contributed by atoms with E-state index in [1.807, 2.05) is 12.1 Å². The maximum absolute atomic E-state index is 6.01. The molecule has 0 unspecified atom stereocenters. The molecule has 0 spiro atoms. The van der Waals surface area contributed by atoms with Crippen molar-refractivity contribution in [2.45, 2.75) is 0 Å². The van der Waals surface area contributed by atoms with E-state index in [0.717, 1.165) is 5.46 Å². The Kier molecular flexibility index (Phi) is 2.23. The van der Waals surface area contributed by atoms with Gasteiger partial charge in [-0.3, -0.25) is 0 Å². The maximum atomic E-state index is 6.01. The second-order valence-corrected chi connectivity index (χ2v) is 5.75. The molecule has 0 saturated heterocycles. The fraction of sp³-hybridized carbons (Fsp3) is 0. The highest BCUT2D eigenvalue weighted by Crippen LogP contribution is 2.58. The third kappa shape index (κ3) is 1.55. The van der Waals surface area contributed by atoms with E-state index in [1.165, 1.54) is 38.6 Å². The van der Waals surface area contributed by atoms with Gasteiger partial charge in [0.2, 0.25) is 0 Å². The average Bonchev–Trinajstić information content (AvgIpc) is 3.29. The molecule has 2 radical (unpaired) electrons.